The minimum atomic E-state index is 0.176. The molecule has 2 N–H and O–H groups in total. The van der Waals surface area contributed by atoms with Gasteiger partial charge in [-0.1, -0.05) is 17.7 Å². The Morgan fingerprint density at radius 2 is 2.14 bits per heavy atom. The molecule has 0 saturated carbocycles. The van der Waals surface area contributed by atoms with Crippen LogP contribution in [0.4, 0.5) is 5.69 Å². The molecular formula is C14H18ClN5O. The van der Waals surface area contributed by atoms with Crippen LogP contribution in [0.25, 0.3) is 11.4 Å². The van der Waals surface area contributed by atoms with Crippen LogP contribution in [0.5, 0.6) is 0 Å². The van der Waals surface area contributed by atoms with Gasteiger partial charge in [0.1, 0.15) is 0 Å². The highest BCUT2D eigenvalue weighted by molar-refractivity contribution is 6.33. The summed E-state index contributed by atoms with van der Waals surface area (Å²) in [4.78, 5) is 0. The highest BCUT2D eigenvalue weighted by atomic mass is 35.5. The summed E-state index contributed by atoms with van der Waals surface area (Å²) in [5.74, 6) is 1.11. The topological polar surface area (TPSA) is 78.8 Å². The third-order valence-electron chi connectivity index (χ3n) is 4.10. The van der Waals surface area contributed by atoms with E-state index in [9.17, 15) is 0 Å². The second-order valence-corrected chi connectivity index (χ2v) is 5.75. The zero-order chi connectivity index (χ0) is 14.8. The molecule has 7 heteroatoms. The first-order valence-electron chi connectivity index (χ1n) is 7.08. The van der Waals surface area contributed by atoms with Gasteiger partial charge in [-0.25, -0.2) is 4.68 Å². The van der Waals surface area contributed by atoms with Crippen LogP contribution in [0.3, 0.4) is 0 Å². The van der Waals surface area contributed by atoms with Crippen molar-refractivity contribution in [3.05, 3.63) is 23.2 Å². The fourth-order valence-corrected chi connectivity index (χ4v) is 3.07. The number of tetrazole rings is 1. The first-order valence-corrected chi connectivity index (χ1v) is 7.46. The fraction of sp³-hybridized carbons (Fsp3) is 0.500. The van der Waals surface area contributed by atoms with Crippen molar-refractivity contribution < 1.29 is 4.74 Å². The number of benzene rings is 1. The Bertz CT molecular complexity index is 603. The summed E-state index contributed by atoms with van der Waals surface area (Å²) in [7, 11) is 0. The number of aromatic nitrogens is 4. The van der Waals surface area contributed by atoms with Crippen LogP contribution < -0.4 is 5.73 Å². The summed E-state index contributed by atoms with van der Waals surface area (Å²) in [6.45, 7) is 3.71. The Morgan fingerprint density at radius 1 is 1.38 bits per heavy atom. The lowest BCUT2D eigenvalue weighted by Gasteiger charge is -2.28. The molecule has 6 nitrogen and oxygen atoms in total. The van der Waals surface area contributed by atoms with Crippen molar-refractivity contribution in [3.8, 4) is 11.4 Å². The molecule has 2 heterocycles. The Balaban J connectivity index is 1.97. The Morgan fingerprint density at radius 3 is 2.86 bits per heavy atom. The summed E-state index contributed by atoms with van der Waals surface area (Å²) in [6, 6.07) is 5.59. The summed E-state index contributed by atoms with van der Waals surface area (Å²) < 4.78 is 7.25. The van der Waals surface area contributed by atoms with Crippen LogP contribution in [0.2, 0.25) is 5.02 Å². The molecule has 1 fully saturated rings. The molecule has 0 bridgehead atoms. The number of nitrogen functional groups attached to an aromatic ring is 1. The molecule has 0 radical (unpaired) electrons. The van der Waals surface area contributed by atoms with Gasteiger partial charge in [0.15, 0.2) is 5.82 Å². The van der Waals surface area contributed by atoms with Crippen molar-refractivity contribution in [3.63, 3.8) is 0 Å². The predicted molar refractivity (Wildman–Crippen MR) is 80.9 cm³/mol. The van der Waals surface area contributed by atoms with E-state index in [2.05, 4.69) is 22.4 Å². The lowest BCUT2D eigenvalue weighted by Crippen LogP contribution is -2.25. The number of nitrogens with two attached hydrogens (primary N) is 1. The molecule has 1 aliphatic heterocycles. The molecular weight excluding hydrogens is 290 g/mol. The van der Waals surface area contributed by atoms with E-state index in [1.807, 2.05) is 10.7 Å². The van der Waals surface area contributed by atoms with E-state index in [0.717, 1.165) is 26.1 Å². The first-order chi connectivity index (χ1) is 10.2. The average Bonchev–Trinajstić information content (AvgIpc) is 2.96. The summed E-state index contributed by atoms with van der Waals surface area (Å²) >= 11 is 6.27. The number of hydrogen-bond donors (Lipinski definition) is 1. The predicted octanol–water partition coefficient (Wildman–Crippen LogP) is 2.56. The van der Waals surface area contributed by atoms with Gasteiger partial charge in [0.05, 0.1) is 16.6 Å². The monoisotopic (exact) mass is 307 g/mol. The molecule has 21 heavy (non-hydrogen) atoms. The highest BCUT2D eigenvalue weighted by Crippen LogP contribution is 2.35. The van der Waals surface area contributed by atoms with Crippen LogP contribution >= 0.6 is 11.6 Å². The third-order valence-corrected chi connectivity index (χ3v) is 4.41. The van der Waals surface area contributed by atoms with Gasteiger partial charge < -0.3 is 10.5 Å². The van der Waals surface area contributed by atoms with Crippen molar-refractivity contribution in [2.75, 3.05) is 18.9 Å². The minimum Gasteiger partial charge on any atom is -0.398 e. The Hall–Kier alpha value is -1.66. The maximum atomic E-state index is 6.27. The van der Waals surface area contributed by atoms with Crippen LogP contribution in [-0.2, 0) is 4.74 Å². The van der Waals surface area contributed by atoms with Crippen molar-refractivity contribution in [2.24, 2.45) is 5.92 Å². The van der Waals surface area contributed by atoms with Crippen molar-refractivity contribution in [1.82, 2.24) is 20.2 Å². The average molecular weight is 308 g/mol. The van der Waals surface area contributed by atoms with Crippen LogP contribution in [0.1, 0.15) is 25.8 Å². The number of hydrogen-bond acceptors (Lipinski definition) is 5. The maximum Gasteiger partial charge on any atom is 0.185 e. The number of ether oxygens (including phenoxy) is 1. The van der Waals surface area contributed by atoms with Crippen LogP contribution in [0, 0.1) is 5.92 Å². The van der Waals surface area contributed by atoms with E-state index in [4.69, 9.17) is 22.1 Å². The summed E-state index contributed by atoms with van der Waals surface area (Å²) in [5.41, 5.74) is 7.33. The molecule has 1 atom stereocenters. The van der Waals surface area contributed by atoms with Gasteiger partial charge in [-0.3, -0.25) is 0 Å². The first kappa shape index (κ1) is 14.3. The molecule has 1 saturated heterocycles. The van der Waals surface area contributed by atoms with Crippen molar-refractivity contribution in [2.45, 2.75) is 25.8 Å². The lowest BCUT2D eigenvalue weighted by molar-refractivity contribution is 0.0495. The van der Waals surface area contributed by atoms with E-state index in [1.54, 1.807) is 12.1 Å². The van der Waals surface area contributed by atoms with Gasteiger partial charge in [0, 0.05) is 18.9 Å². The van der Waals surface area contributed by atoms with Gasteiger partial charge in [-0.2, -0.15) is 0 Å². The fourth-order valence-electron chi connectivity index (χ4n) is 2.81. The van der Waals surface area contributed by atoms with E-state index in [1.165, 1.54) is 0 Å². The van der Waals surface area contributed by atoms with Crippen molar-refractivity contribution >= 4 is 17.3 Å². The zero-order valence-corrected chi connectivity index (χ0v) is 12.6. The molecule has 1 aliphatic rings. The molecule has 1 aromatic heterocycles. The second-order valence-electron chi connectivity index (χ2n) is 5.34. The summed E-state index contributed by atoms with van der Waals surface area (Å²) in [6.07, 6.45) is 2.02. The Kier molecular flexibility index (Phi) is 4.07. The smallest absolute Gasteiger partial charge is 0.185 e. The van der Waals surface area contributed by atoms with Crippen molar-refractivity contribution in [1.29, 1.82) is 0 Å². The molecule has 0 amide bonds. The lowest BCUT2D eigenvalue weighted by atomic mass is 9.93. The molecule has 1 aromatic carbocycles. The van der Waals surface area contributed by atoms with E-state index < -0.39 is 0 Å². The number of anilines is 1. The number of nitrogens with zero attached hydrogens (tertiary/aromatic N) is 4. The largest absolute Gasteiger partial charge is 0.398 e. The molecule has 0 spiro atoms. The standard InChI is InChI=1S/C14H18ClN5O/c1-9(10-5-7-21-8-6-10)20-14(17-18-19-20)13-11(15)3-2-4-12(13)16/h2-4,9-10H,5-8,16H2,1H3. The van der Waals surface area contributed by atoms with E-state index in [0.29, 0.717) is 28.0 Å². The zero-order valence-electron chi connectivity index (χ0n) is 11.9. The van der Waals surface area contributed by atoms with Crippen LogP contribution in [0.15, 0.2) is 18.2 Å². The van der Waals surface area contributed by atoms with E-state index >= 15 is 0 Å². The number of halogens is 1. The van der Waals surface area contributed by atoms with Gasteiger partial charge in [-0.15, -0.1) is 5.10 Å². The molecule has 0 aliphatic carbocycles. The van der Waals surface area contributed by atoms with Gasteiger partial charge >= 0.3 is 0 Å². The minimum absolute atomic E-state index is 0.176. The SMILES string of the molecule is CC(C1CCOCC1)n1nnnc1-c1c(N)cccc1Cl. The van der Waals surface area contributed by atoms with Gasteiger partial charge in [0.2, 0.25) is 0 Å². The highest BCUT2D eigenvalue weighted by Gasteiger charge is 2.26. The Labute approximate surface area is 128 Å². The van der Waals surface area contributed by atoms with Gasteiger partial charge in [0.25, 0.3) is 0 Å². The molecule has 112 valence electrons. The molecule has 1 unspecified atom stereocenters. The van der Waals surface area contributed by atoms with Gasteiger partial charge in [-0.05, 0) is 48.2 Å². The maximum absolute atomic E-state index is 6.27. The summed E-state index contributed by atoms with van der Waals surface area (Å²) in [5, 5.41) is 12.7. The molecule has 3 rings (SSSR count). The van der Waals surface area contributed by atoms with Crippen LogP contribution in [-0.4, -0.2) is 33.4 Å². The quantitative estimate of drug-likeness (QED) is 0.882. The van der Waals surface area contributed by atoms with E-state index in [-0.39, 0.29) is 6.04 Å². The normalized spacial score (nSPS) is 17.8. The second kappa shape index (κ2) is 5.99. The third kappa shape index (κ3) is 2.73. The number of rotatable bonds is 3. The molecule has 2 aromatic rings.